The highest BCUT2D eigenvalue weighted by atomic mass is 16.5. The molecule has 20 heavy (non-hydrogen) atoms. The predicted molar refractivity (Wildman–Crippen MR) is 80.7 cm³/mol. The SMILES string of the molecule is COc1ccc(/C=C2\C(=O)Nc3ccc(C)cc32)cc1. The van der Waals surface area contributed by atoms with Gasteiger partial charge in [-0.2, -0.15) is 0 Å². The van der Waals surface area contributed by atoms with Gasteiger partial charge in [0.15, 0.2) is 0 Å². The Bertz CT molecular complexity index is 699. The second-order valence-corrected chi connectivity index (χ2v) is 4.83. The number of ether oxygens (including phenoxy) is 1. The van der Waals surface area contributed by atoms with Crippen LogP contribution in [-0.4, -0.2) is 13.0 Å². The molecule has 0 saturated carbocycles. The van der Waals surface area contributed by atoms with Crippen LogP contribution in [-0.2, 0) is 4.79 Å². The van der Waals surface area contributed by atoms with Crippen LogP contribution in [0.2, 0.25) is 0 Å². The van der Waals surface area contributed by atoms with E-state index in [1.165, 1.54) is 0 Å². The van der Waals surface area contributed by atoms with E-state index in [9.17, 15) is 4.79 Å². The van der Waals surface area contributed by atoms with Crippen LogP contribution in [0.5, 0.6) is 5.75 Å². The molecule has 0 bridgehead atoms. The zero-order chi connectivity index (χ0) is 14.1. The Hall–Kier alpha value is -2.55. The van der Waals surface area contributed by atoms with Crippen molar-refractivity contribution in [2.24, 2.45) is 0 Å². The normalized spacial score (nSPS) is 15.1. The van der Waals surface area contributed by atoms with Crippen molar-refractivity contribution in [3.05, 3.63) is 59.2 Å². The predicted octanol–water partition coefficient (Wildman–Crippen LogP) is 3.50. The molecule has 3 heteroatoms. The highest BCUT2D eigenvalue weighted by molar-refractivity contribution is 6.34. The molecule has 0 radical (unpaired) electrons. The molecule has 0 atom stereocenters. The number of fused-ring (bicyclic) bond motifs is 1. The van der Waals surface area contributed by atoms with E-state index >= 15 is 0 Å². The third-order valence-electron chi connectivity index (χ3n) is 3.38. The lowest BCUT2D eigenvalue weighted by molar-refractivity contribution is -0.110. The average molecular weight is 265 g/mol. The molecular weight excluding hydrogens is 250 g/mol. The third kappa shape index (κ3) is 2.18. The number of carbonyl (C=O) groups is 1. The fraction of sp³-hybridized carbons (Fsp3) is 0.118. The van der Waals surface area contributed by atoms with Crippen LogP contribution >= 0.6 is 0 Å². The first kappa shape index (κ1) is 12.5. The largest absolute Gasteiger partial charge is 0.497 e. The molecule has 100 valence electrons. The summed E-state index contributed by atoms with van der Waals surface area (Å²) in [5, 5.41) is 2.89. The summed E-state index contributed by atoms with van der Waals surface area (Å²) in [7, 11) is 1.64. The maximum atomic E-state index is 12.1. The quantitative estimate of drug-likeness (QED) is 0.844. The molecule has 2 aromatic rings. The summed E-state index contributed by atoms with van der Waals surface area (Å²) in [5.41, 5.74) is 4.66. The second-order valence-electron chi connectivity index (χ2n) is 4.83. The van der Waals surface area contributed by atoms with E-state index in [1.807, 2.05) is 55.5 Å². The number of carbonyl (C=O) groups excluding carboxylic acids is 1. The van der Waals surface area contributed by atoms with E-state index in [0.29, 0.717) is 5.57 Å². The number of hydrogen-bond acceptors (Lipinski definition) is 2. The molecule has 1 N–H and O–H groups in total. The molecule has 0 spiro atoms. The lowest BCUT2D eigenvalue weighted by Crippen LogP contribution is -2.03. The van der Waals surface area contributed by atoms with Crippen LogP contribution in [0.15, 0.2) is 42.5 Å². The number of nitrogens with one attached hydrogen (secondary N) is 1. The highest BCUT2D eigenvalue weighted by Crippen LogP contribution is 2.33. The highest BCUT2D eigenvalue weighted by Gasteiger charge is 2.23. The van der Waals surface area contributed by atoms with Crippen LogP contribution in [0.3, 0.4) is 0 Å². The van der Waals surface area contributed by atoms with E-state index in [2.05, 4.69) is 5.32 Å². The lowest BCUT2D eigenvalue weighted by atomic mass is 10.0. The van der Waals surface area contributed by atoms with Gasteiger partial charge in [0.25, 0.3) is 5.91 Å². The summed E-state index contributed by atoms with van der Waals surface area (Å²) in [6.07, 6.45) is 1.90. The Labute approximate surface area is 117 Å². The van der Waals surface area contributed by atoms with Crippen molar-refractivity contribution in [2.45, 2.75) is 6.92 Å². The first-order chi connectivity index (χ1) is 9.67. The molecule has 0 saturated heterocycles. The number of rotatable bonds is 2. The molecule has 0 fully saturated rings. The van der Waals surface area contributed by atoms with E-state index < -0.39 is 0 Å². The van der Waals surface area contributed by atoms with Crippen LogP contribution in [0, 0.1) is 6.92 Å². The van der Waals surface area contributed by atoms with Crippen molar-refractivity contribution >= 4 is 23.2 Å². The lowest BCUT2D eigenvalue weighted by Gasteiger charge is -2.02. The number of amides is 1. The second kappa shape index (κ2) is 4.85. The Balaban J connectivity index is 2.03. The topological polar surface area (TPSA) is 38.3 Å². The van der Waals surface area contributed by atoms with Crippen molar-refractivity contribution in [3.8, 4) is 5.75 Å². The number of hydrogen-bond donors (Lipinski definition) is 1. The minimum atomic E-state index is -0.0542. The third-order valence-corrected chi connectivity index (χ3v) is 3.38. The van der Waals surface area contributed by atoms with Gasteiger partial charge in [0.1, 0.15) is 5.75 Å². The van der Waals surface area contributed by atoms with Gasteiger partial charge >= 0.3 is 0 Å². The van der Waals surface area contributed by atoms with Gasteiger partial charge in [-0.05, 0) is 42.8 Å². The molecular formula is C17H15NO2. The number of methoxy groups -OCH3 is 1. The standard InChI is InChI=1S/C17H15NO2/c1-11-3-8-16-14(9-11)15(17(19)18-16)10-12-4-6-13(20-2)7-5-12/h3-10H,1-2H3,(H,18,19)/b15-10-. The molecule has 1 aliphatic heterocycles. The Kier molecular flexibility index (Phi) is 3.03. The van der Waals surface area contributed by atoms with Crippen molar-refractivity contribution in [2.75, 3.05) is 12.4 Å². The van der Waals surface area contributed by atoms with Crippen molar-refractivity contribution in [1.82, 2.24) is 0 Å². The summed E-state index contributed by atoms with van der Waals surface area (Å²) < 4.78 is 5.13. The maximum Gasteiger partial charge on any atom is 0.256 e. The summed E-state index contributed by atoms with van der Waals surface area (Å²) in [4.78, 5) is 12.1. The van der Waals surface area contributed by atoms with E-state index in [0.717, 1.165) is 28.1 Å². The Morgan fingerprint density at radius 1 is 1.10 bits per heavy atom. The zero-order valence-electron chi connectivity index (χ0n) is 11.4. The van der Waals surface area contributed by atoms with Gasteiger partial charge in [0, 0.05) is 16.8 Å². The average Bonchev–Trinajstić information content (AvgIpc) is 2.76. The molecule has 0 aromatic heterocycles. The van der Waals surface area contributed by atoms with Crippen LogP contribution in [0.25, 0.3) is 11.6 Å². The van der Waals surface area contributed by atoms with Crippen molar-refractivity contribution in [1.29, 1.82) is 0 Å². The van der Waals surface area contributed by atoms with Gasteiger partial charge in [0.05, 0.1) is 7.11 Å². The molecule has 1 heterocycles. The summed E-state index contributed by atoms with van der Waals surface area (Å²) >= 11 is 0. The van der Waals surface area contributed by atoms with E-state index in [4.69, 9.17) is 4.74 Å². The molecule has 1 amide bonds. The maximum absolute atomic E-state index is 12.1. The van der Waals surface area contributed by atoms with Crippen molar-refractivity contribution in [3.63, 3.8) is 0 Å². The van der Waals surface area contributed by atoms with Gasteiger partial charge in [-0.25, -0.2) is 0 Å². The smallest absolute Gasteiger partial charge is 0.256 e. The van der Waals surface area contributed by atoms with Crippen LogP contribution < -0.4 is 10.1 Å². The van der Waals surface area contributed by atoms with Crippen LogP contribution in [0.4, 0.5) is 5.69 Å². The van der Waals surface area contributed by atoms with Gasteiger partial charge in [-0.1, -0.05) is 23.8 Å². The Morgan fingerprint density at radius 3 is 2.55 bits per heavy atom. The van der Waals surface area contributed by atoms with Gasteiger partial charge in [-0.3, -0.25) is 4.79 Å². The number of aryl methyl sites for hydroxylation is 1. The first-order valence-corrected chi connectivity index (χ1v) is 6.45. The minimum Gasteiger partial charge on any atom is -0.497 e. The molecule has 0 aliphatic carbocycles. The van der Waals surface area contributed by atoms with Gasteiger partial charge in [0.2, 0.25) is 0 Å². The molecule has 1 aliphatic rings. The monoisotopic (exact) mass is 265 g/mol. The van der Waals surface area contributed by atoms with E-state index in [1.54, 1.807) is 7.11 Å². The molecule has 3 nitrogen and oxygen atoms in total. The summed E-state index contributed by atoms with van der Waals surface area (Å²) in [6, 6.07) is 13.6. The fourth-order valence-electron chi connectivity index (χ4n) is 2.31. The summed E-state index contributed by atoms with van der Waals surface area (Å²) in [5.74, 6) is 0.751. The molecule has 2 aromatic carbocycles. The fourth-order valence-corrected chi connectivity index (χ4v) is 2.31. The zero-order valence-corrected chi connectivity index (χ0v) is 11.4. The Morgan fingerprint density at radius 2 is 1.85 bits per heavy atom. The summed E-state index contributed by atoms with van der Waals surface area (Å²) in [6.45, 7) is 2.02. The molecule has 0 unspecified atom stereocenters. The number of benzene rings is 2. The first-order valence-electron chi connectivity index (χ1n) is 6.45. The molecule has 3 rings (SSSR count). The van der Waals surface area contributed by atoms with Gasteiger partial charge < -0.3 is 10.1 Å². The van der Waals surface area contributed by atoms with Crippen LogP contribution in [0.1, 0.15) is 16.7 Å². The number of anilines is 1. The van der Waals surface area contributed by atoms with Gasteiger partial charge in [-0.15, -0.1) is 0 Å². The van der Waals surface area contributed by atoms with Crippen molar-refractivity contribution < 1.29 is 9.53 Å². The van der Waals surface area contributed by atoms with E-state index in [-0.39, 0.29) is 5.91 Å². The minimum absolute atomic E-state index is 0.0542.